The van der Waals surface area contributed by atoms with Crippen LogP contribution < -0.4 is 5.32 Å². The van der Waals surface area contributed by atoms with Crippen molar-refractivity contribution < 1.29 is 14.2 Å². The topological polar surface area (TPSA) is 61.4 Å². The van der Waals surface area contributed by atoms with Crippen LogP contribution in [0.25, 0.3) is 0 Å². The maximum Gasteiger partial charge on any atom is 0.408 e. The fraction of sp³-hybridized carbons (Fsp3) is 0.650. The van der Waals surface area contributed by atoms with Crippen LogP contribution in [-0.4, -0.2) is 36.5 Å². The summed E-state index contributed by atoms with van der Waals surface area (Å²) in [4.78, 5) is 12.6. The monoisotopic (exact) mass is 344 g/mol. The molecule has 2 unspecified atom stereocenters. The van der Waals surface area contributed by atoms with Crippen molar-refractivity contribution in [2.45, 2.75) is 50.7 Å². The molecule has 136 valence electrons. The van der Waals surface area contributed by atoms with Gasteiger partial charge in [-0.15, -0.1) is 0 Å². The number of benzene rings is 1. The Balaban J connectivity index is 1.42. The molecule has 4 aliphatic rings. The van der Waals surface area contributed by atoms with E-state index in [1.165, 1.54) is 12.8 Å². The van der Waals surface area contributed by atoms with Gasteiger partial charge in [-0.2, -0.15) is 0 Å². The van der Waals surface area contributed by atoms with Crippen molar-refractivity contribution in [1.29, 1.82) is 0 Å². The average molecular weight is 344 g/mol. The highest BCUT2D eigenvalue weighted by atomic mass is 16.6. The third kappa shape index (κ3) is 3.67. The average Bonchev–Trinajstić information content (AvgIpc) is 3.15. The summed E-state index contributed by atoms with van der Waals surface area (Å²) < 4.78 is 5.55. The molecule has 3 aliphatic heterocycles. The number of hydroxylamine groups is 3. The summed E-state index contributed by atoms with van der Waals surface area (Å²) in [6.07, 6.45) is 5.93. The van der Waals surface area contributed by atoms with E-state index in [9.17, 15) is 10.0 Å². The summed E-state index contributed by atoms with van der Waals surface area (Å²) in [7, 11) is 0. The van der Waals surface area contributed by atoms with E-state index in [4.69, 9.17) is 4.74 Å². The molecule has 5 heteroatoms. The summed E-state index contributed by atoms with van der Waals surface area (Å²) in [5, 5.41) is 15.6. The van der Waals surface area contributed by atoms with Gasteiger partial charge in [-0.3, -0.25) is 0 Å². The molecule has 1 aromatic carbocycles. The predicted molar refractivity (Wildman–Crippen MR) is 95.5 cm³/mol. The molecule has 3 heterocycles. The maximum absolute atomic E-state index is 12.6. The van der Waals surface area contributed by atoms with E-state index in [0.29, 0.717) is 31.5 Å². The number of alkyl carbamates (subject to hydrolysis) is 1. The van der Waals surface area contributed by atoms with Crippen LogP contribution in [0.3, 0.4) is 0 Å². The molecule has 0 radical (unpaired) electrons. The zero-order valence-corrected chi connectivity index (χ0v) is 14.7. The summed E-state index contributed by atoms with van der Waals surface area (Å²) in [6, 6.07) is 10.2. The quantitative estimate of drug-likeness (QED) is 0.668. The number of rotatable bonds is 4. The van der Waals surface area contributed by atoms with Crippen LogP contribution in [0, 0.1) is 17.0 Å². The first-order valence-corrected chi connectivity index (χ1v) is 9.72. The minimum Gasteiger partial charge on any atom is -0.633 e. The summed E-state index contributed by atoms with van der Waals surface area (Å²) >= 11 is 0. The normalized spacial score (nSPS) is 33.2. The van der Waals surface area contributed by atoms with E-state index in [1.54, 1.807) is 0 Å². The first-order chi connectivity index (χ1) is 12.1. The first kappa shape index (κ1) is 16.9. The van der Waals surface area contributed by atoms with Crippen molar-refractivity contribution in [2.75, 3.05) is 19.6 Å². The predicted octanol–water partition coefficient (Wildman–Crippen LogP) is 3.75. The number of nitrogens with one attached hydrogen (secondary N) is 1. The lowest BCUT2D eigenvalue weighted by Crippen LogP contribution is -2.61. The Morgan fingerprint density at radius 3 is 2.44 bits per heavy atom. The molecule has 25 heavy (non-hydrogen) atoms. The molecule has 2 atom stereocenters. The fourth-order valence-corrected chi connectivity index (χ4v) is 4.95. The van der Waals surface area contributed by atoms with Crippen LogP contribution in [-0.2, 0) is 4.74 Å². The van der Waals surface area contributed by atoms with Crippen molar-refractivity contribution >= 4 is 6.09 Å². The minimum atomic E-state index is -0.355. The van der Waals surface area contributed by atoms with Crippen molar-refractivity contribution in [3.8, 4) is 0 Å². The SMILES string of the molecule is O=C(NC(c1ccccc1)C1CCCC1)OC1C[N+]2([O-])CCC1CC2. The van der Waals surface area contributed by atoms with Gasteiger partial charge in [0, 0.05) is 18.8 Å². The van der Waals surface area contributed by atoms with Crippen molar-refractivity contribution in [3.05, 3.63) is 41.1 Å². The summed E-state index contributed by atoms with van der Waals surface area (Å²) in [5.74, 6) is 0.834. The van der Waals surface area contributed by atoms with E-state index in [1.807, 2.05) is 18.2 Å². The van der Waals surface area contributed by atoms with Gasteiger partial charge in [0.25, 0.3) is 0 Å². The van der Waals surface area contributed by atoms with Gasteiger partial charge in [-0.05, 0) is 24.3 Å². The van der Waals surface area contributed by atoms with Gasteiger partial charge < -0.3 is 19.9 Å². The molecule has 1 saturated carbocycles. The Hall–Kier alpha value is -1.59. The highest BCUT2D eigenvalue weighted by Gasteiger charge is 2.43. The standard InChI is InChI=1S/C20H28N2O3/c23-20(25-18-14-22(24)12-10-15(18)11-13-22)21-19(17-8-4-5-9-17)16-6-2-1-3-7-16/h1-3,6-7,15,17-19H,4-5,8-14H2,(H,21,23). The molecule has 1 N–H and O–H groups in total. The van der Waals surface area contributed by atoms with Crippen LogP contribution in [0.5, 0.6) is 0 Å². The number of piperidine rings is 3. The third-order valence-corrected chi connectivity index (χ3v) is 6.41. The van der Waals surface area contributed by atoms with Crippen LogP contribution in [0.15, 0.2) is 30.3 Å². The second-order valence-corrected chi connectivity index (χ2v) is 8.05. The third-order valence-electron chi connectivity index (χ3n) is 6.41. The van der Waals surface area contributed by atoms with Crippen molar-refractivity contribution in [2.24, 2.45) is 11.8 Å². The molecule has 5 nitrogen and oxygen atoms in total. The first-order valence-electron chi connectivity index (χ1n) is 9.72. The molecule has 1 aromatic rings. The van der Waals surface area contributed by atoms with Crippen LogP contribution in [0.2, 0.25) is 0 Å². The second kappa shape index (κ2) is 6.96. The zero-order chi connectivity index (χ0) is 17.3. The Bertz CT molecular complexity index is 592. The molecule has 2 bridgehead atoms. The van der Waals surface area contributed by atoms with Gasteiger partial charge in [-0.25, -0.2) is 4.79 Å². The lowest BCUT2D eigenvalue weighted by Gasteiger charge is -2.54. The van der Waals surface area contributed by atoms with Gasteiger partial charge in [0.2, 0.25) is 0 Å². The molecule has 3 saturated heterocycles. The molecule has 1 aliphatic carbocycles. The van der Waals surface area contributed by atoms with Gasteiger partial charge in [0.15, 0.2) is 6.10 Å². The molecule has 0 spiro atoms. The van der Waals surface area contributed by atoms with E-state index >= 15 is 0 Å². The molecule has 0 aromatic heterocycles. The Morgan fingerprint density at radius 1 is 1.12 bits per heavy atom. The Morgan fingerprint density at radius 2 is 1.80 bits per heavy atom. The largest absolute Gasteiger partial charge is 0.633 e. The van der Waals surface area contributed by atoms with Gasteiger partial charge >= 0.3 is 6.09 Å². The maximum atomic E-state index is 12.6. The van der Waals surface area contributed by atoms with Crippen LogP contribution in [0.4, 0.5) is 4.79 Å². The van der Waals surface area contributed by atoms with Crippen molar-refractivity contribution in [3.63, 3.8) is 0 Å². The summed E-state index contributed by atoms with van der Waals surface area (Å²) in [6.45, 7) is 1.79. The highest BCUT2D eigenvalue weighted by molar-refractivity contribution is 5.68. The van der Waals surface area contributed by atoms with Gasteiger partial charge in [0.1, 0.15) is 6.54 Å². The Kier molecular flexibility index (Phi) is 4.69. The molecular formula is C20H28N2O3. The fourth-order valence-electron chi connectivity index (χ4n) is 4.95. The van der Waals surface area contributed by atoms with Gasteiger partial charge in [-0.1, -0.05) is 43.2 Å². The van der Waals surface area contributed by atoms with Crippen LogP contribution in [0.1, 0.15) is 50.1 Å². The zero-order valence-electron chi connectivity index (χ0n) is 14.7. The highest BCUT2D eigenvalue weighted by Crippen LogP contribution is 2.37. The van der Waals surface area contributed by atoms with Crippen molar-refractivity contribution in [1.82, 2.24) is 5.32 Å². The molecule has 4 fully saturated rings. The second-order valence-electron chi connectivity index (χ2n) is 8.05. The number of carbonyl (C=O) groups is 1. The van der Waals surface area contributed by atoms with E-state index in [-0.39, 0.29) is 22.9 Å². The molecule has 1 amide bonds. The number of amides is 1. The number of carbonyl (C=O) groups excluding carboxylic acids is 1. The number of quaternary nitrogens is 1. The minimum absolute atomic E-state index is 0.00711. The molecular weight excluding hydrogens is 316 g/mol. The lowest BCUT2D eigenvalue weighted by molar-refractivity contribution is -0.900. The summed E-state index contributed by atoms with van der Waals surface area (Å²) in [5.41, 5.74) is 1.15. The van der Waals surface area contributed by atoms with E-state index in [2.05, 4.69) is 17.4 Å². The number of nitrogens with zero attached hydrogens (tertiary/aromatic N) is 1. The molecule has 5 rings (SSSR count). The van der Waals surface area contributed by atoms with Crippen LogP contribution >= 0.6 is 0 Å². The number of hydrogen-bond acceptors (Lipinski definition) is 3. The smallest absolute Gasteiger partial charge is 0.408 e. The number of fused-ring (bicyclic) bond motifs is 3. The van der Waals surface area contributed by atoms with Gasteiger partial charge in [0.05, 0.1) is 19.1 Å². The van der Waals surface area contributed by atoms with E-state index in [0.717, 1.165) is 31.2 Å². The Labute approximate surface area is 149 Å². The number of ether oxygens (including phenoxy) is 1. The van der Waals surface area contributed by atoms with E-state index < -0.39 is 0 Å². The lowest BCUT2D eigenvalue weighted by atomic mass is 9.85. The number of hydrogen-bond donors (Lipinski definition) is 1.